The molecule has 0 saturated carbocycles. The van der Waals surface area contributed by atoms with Gasteiger partial charge in [-0.1, -0.05) is 44.2 Å². The second kappa shape index (κ2) is 7.97. The van der Waals surface area contributed by atoms with Gasteiger partial charge in [0.15, 0.2) is 0 Å². The van der Waals surface area contributed by atoms with Gasteiger partial charge in [-0.15, -0.1) is 12.4 Å². The van der Waals surface area contributed by atoms with Gasteiger partial charge in [0.2, 0.25) is 0 Å². The van der Waals surface area contributed by atoms with Gasteiger partial charge in [-0.05, 0) is 11.5 Å². The first-order valence-electron chi connectivity index (χ1n) is 6.50. The summed E-state index contributed by atoms with van der Waals surface area (Å²) >= 11 is 0. The molecule has 2 aromatic rings. The van der Waals surface area contributed by atoms with Crippen LogP contribution < -0.4 is 5.32 Å². The van der Waals surface area contributed by atoms with E-state index in [1.54, 1.807) is 0 Å². The summed E-state index contributed by atoms with van der Waals surface area (Å²) in [5.41, 5.74) is 2.55. The Morgan fingerprint density at radius 3 is 2.47 bits per heavy atom. The van der Waals surface area contributed by atoms with Crippen LogP contribution in [0.5, 0.6) is 0 Å². The second-order valence-electron chi connectivity index (χ2n) is 5.05. The van der Waals surface area contributed by atoms with Crippen LogP contribution in [-0.2, 0) is 19.6 Å². The molecule has 2 rings (SSSR count). The van der Waals surface area contributed by atoms with Gasteiger partial charge < -0.3 is 5.32 Å². The fourth-order valence-corrected chi connectivity index (χ4v) is 1.92. The first kappa shape index (κ1) is 15.7. The fraction of sp³-hybridized carbons (Fsp3) is 0.400. The van der Waals surface area contributed by atoms with Crippen molar-refractivity contribution in [3.05, 3.63) is 53.9 Å². The standard InChI is InChI=1S/C15H21N3.ClH/c1-13(2)11-18-12-15(10-17-18)9-16-8-14-6-4-3-5-7-14;/h3-7,10,12-13,16H,8-9,11H2,1-2H3;1H. The summed E-state index contributed by atoms with van der Waals surface area (Å²) in [4.78, 5) is 0. The third kappa shape index (κ3) is 5.45. The molecule has 0 atom stereocenters. The van der Waals surface area contributed by atoms with Crippen LogP contribution in [0.2, 0.25) is 0 Å². The second-order valence-corrected chi connectivity index (χ2v) is 5.05. The Labute approximate surface area is 121 Å². The number of hydrogen-bond donors (Lipinski definition) is 1. The number of rotatable bonds is 6. The van der Waals surface area contributed by atoms with Crippen molar-refractivity contribution < 1.29 is 0 Å². The zero-order valence-electron chi connectivity index (χ0n) is 11.5. The Bertz CT molecular complexity index is 465. The quantitative estimate of drug-likeness (QED) is 0.880. The molecular formula is C15H22ClN3. The smallest absolute Gasteiger partial charge is 0.0534 e. The minimum absolute atomic E-state index is 0. The topological polar surface area (TPSA) is 29.9 Å². The van der Waals surface area contributed by atoms with Gasteiger partial charge in [-0.3, -0.25) is 4.68 Å². The van der Waals surface area contributed by atoms with E-state index < -0.39 is 0 Å². The summed E-state index contributed by atoms with van der Waals surface area (Å²) in [6, 6.07) is 10.4. The Balaban J connectivity index is 0.00000180. The number of halogens is 1. The van der Waals surface area contributed by atoms with Crippen LogP contribution in [0.4, 0.5) is 0 Å². The minimum atomic E-state index is 0. The van der Waals surface area contributed by atoms with E-state index in [1.165, 1.54) is 11.1 Å². The van der Waals surface area contributed by atoms with Crippen molar-refractivity contribution in [2.24, 2.45) is 5.92 Å². The van der Waals surface area contributed by atoms with Crippen molar-refractivity contribution in [3.8, 4) is 0 Å². The largest absolute Gasteiger partial charge is 0.309 e. The molecule has 0 aliphatic rings. The number of nitrogens with zero attached hydrogens (tertiary/aromatic N) is 2. The maximum Gasteiger partial charge on any atom is 0.0534 e. The van der Waals surface area contributed by atoms with Crippen LogP contribution in [0.25, 0.3) is 0 Å². The predicted molar refractivity (Wildman–Crippen MR) is 81.3 cm³/mol. The van der Waals surface area contributed by atoms with Crippen molar-refractivity contribution >= 4 is 12.4 Å². The molecule has 1 aromatic heterocycles. The van der Waals surface area contributed by atoms with Crippen LogP contribution in [0.1, 0.15) is 25.0 Å². The molecule has 104 valence electrons. The lowest BCUT2D eigenvalue weighted by molar-refractivity contribution is 0.482. The summed E-state index contributed by atoms with van der Waals surface area (Å²) in [5.74, 6) is 0.634. The van der Waals surface area contributed by atoms with E-state index in [0.717, 1.165) is 19.6 Å². The Hall–Kier alpha value is -1.32. The molecular weight excluding hydrogens is 258 g/mol. The zero-order valence-corrected chi connectivity index (χ0v) is 12.4. The highest BCUT2D eigenvalue weighted by atomic mass is 35.5. The molecule has 0 aliphatic carbocycles. The average molecular weight is 280 g/mol. The first-order valence-corrected chi connectivity index (χ1v) is 6.50. The van der Waals surface area contributed by atoms with Crippen LogP contribution in [0.3, 0.4) is 0 Å². The predicted octanol–water partition coefficient (Wildman–Crippen LogP) is 3.25. The van der Waals surface area contributed by atoms with E-state index in [-0.39, 0.29) is 12.4 Å². The number of hydrogen-bond acceptors (Lipinski definition) is 2. The highest BCUT2D eigenvalue weighted by molar-refractivity contribution is 5.85. The monoisotopic (exact) mass is 279 g/mol. The molecule has 1 aromatic carbocycles. The van der Waals surface area contributed by atoms with Gasteiger partial charge in [0.05, 0.1) is 6.20 Å². The van der Waals surface area contributed by atoms with Crippen molar-refractivity contribution in [1.82, 2.24) is 15.1 Å². The van der Waals surface area contributed by atoms with Crippen molar-refractivity contribution in [2.75, 3.05) is 0 Å². The summed E-state index contributed by atoms with van der Waals surface area (Å²) in [5, 5.41) is 7.79. The number of benzene rings is 1. The lowest BCUT2D eigenvalue weighted by Gasteiger charge is -2.04. The van der Waals surface area contributed by atoms with E-state index in [4.69, 9.17) is 0 Å². The van der Waals surface area contributed by atoms with E-state index in [1.807, 2.05) is 16.9 Å². The van der Waals surface area contributed by atoms with E-state index in [0.29, 0.717) is 5.92 Å². The summed E-state index contributed by atoms with van der Waals surface area (Å²) in [7, 11) is 0. The fourth-order valence-electron chi connectivity index (χ4n) is 1.92. The maximum atomic E-state index is 4.36. The Morgan fingerprint density at radius 1 is 1.11 bits per heavy atom. The normalized spacial score (nSPS) is 10.5. The van der Waals surface area contributed by atoms with Gasteiger partial charge in [0.1, 0.15) is 0 Å². The van der Waals surface area contributed by atoms with Gasteiger partial charge in [-0.2, -0.15) is 5.10 Å². The molecule has 0 amide bonds. The highest BCUT2D eigenvalue weighted by Gasteiger charge is 2.00. The Kier molecular flexibility index (Phi) is 6.60. The maximum absolute atomic E-state index is 4.36. The molecule has 1 N–H and O–H groups in total. The molecule has 4 heteroatoms. The third-order valence-corrected chi connectivity index (χ3v) is 2.74. The number of aromatic nitrogens is 2. The highest BCUT2D eigenvalue weighted by Crippen LogP contribution is 2.03. The van der Waals surface area contributed by atoms with Gasteiger partial charge in [-0.25, -0.2) is 0 Å². The summed E-state index contributed by atoms with van der Waals surface area (Å²) in [6.45, 7) is 7.16. The SMILES string of the molecule is CC(C)Cn1cc(CNCc2ccccc2)cn1.Cl. The first-order chi connectivity index (χ1) is 8.74. The summed E-state index contributed by atoms with van der Waals surface area (Å²) in [6.07, 6.45) is 4.07. The molecule has 3 nitrogen and oxygen atoms in total. The minimum Gasteiger partial charge on any atom is -0.309 e. The van der Waals surface area contributed by atoms with Crippen LogP contribution >= 0.6 is 12.4 Å². The molecule has 1 heterocycles. The zero-order chi connectivity index (χ0) is 12.8. The van der Waals surface area contributed by atoms with Crippen molar-refractivity contribution in [1.29, 1.82) is 0 Å². The lowest BCUT2D eigenvalue weighted by Crippen LogP contribution is -2.12. The summed E-state index contributed by atoms with van der Waals surface area (Å²) < 4.78 is 2.02. The van der Waals surface area contributed by atoms with Gasteiger partial charge in [0.25, 0.3) is 0 Å². The van der Waals surface area contributed by atoms with Crippen LogP contribution in [0.15, 0.2) is 42.7 Å². The molecule has 0 saturated heterocycles. The molecule has 0 aliphatic heterocycles. The Morgan fingerprint density at radius 2 is 1.79 bits per heavy atom. The van der Waals surface area contributed by atoms with Crippen molar-refractivity contribution in [2.45, 2.75) is 33.5 Å². The van der Waals surface area contributed by atoms with E-state index >= 15 is 0 Å². The van der Waals surface area contributed by atoms with E-state index in [9.17, 15) is 0 Å². The van der Waals surface area contributed by atoms with Gasteiger partial charge in [0, 0.05) is 31.4 Å². The van der Waals surface area contributed by atoms with Crippen molar-refractivity contribution in [3.63, 3.8) is 0 Å². The van der Waals surface area contributed by atoms with Crippen LogP contribution in [-0.4, -0.2) is 9.78 Å². The molecule has 0 bridgehead atoms. The number of nitrogens with one attached hydrogen (secondary N) is 1. The average Bonchev–Trinajstić information content (AvgIpc) is 2.77. The third-order valence-electron chi connectivity index (χ3n) is 2.74. The molecule has 19 heavy (non-hydrogen) atoms. The molecule has 0 fully saturated rings. The van der Waals surface area contributed by atoms with Crippen LogP contribution in [0, 0.1) is 5.92 Å². The molecule has 0 radical (unpaired) electrons. The lowest BCUT2D eigenvalue weighted by atomic mass is 10.2. The van der Waals surface area contributed by atoms with E-state index in [2.05, 4.69) is 54.7 Å². The van der Waals surface area contributed by atoms with Gasteiger partial charge >= 0.3 is 0 Å². The molecule has 0 unspecified atom stereocenters. The molecule has 0 spiro atoms.